The lowest BCUT2D eigenvalue weighted by atomic mass is 10.0. The molecule has 20 heavy (non-hydrogen) atoms. The van der Waals surface area contributed by atoms with E-state index in [-0.39, 0.29) is 11.0 Å². The molecule has 1 fully saturated rings. The Bertz CT molecular complexity index is 544. The van der Waals surface area contributed by atoms with Crippen molar-refractivity contribution in [3.8, 4) is 6.07 Å². The fraction of sp³-hybridized carbons (Fsp3) is 0.400. The summed E-state index contributed by atoms with van der Waals surface area (Å²) >= 11 is 5.11. The van der Waals surface area contributed by atoms with Gasteiger partial charge in [-0.3, -0.25) is 4.79 Å². The summed E-state index contributed by atoms with van der Waals surface area (Å²) in [5, 5.41) is 14.8. The maximum atomic E-state index is 11.9. The molecule has 0 aliphatic heterocycles. The van der Waals surface area contributed by atoms with Crippen molar-refractivity contribution in [2.24, 2.45) is 5.92 Å². The molecule has 0 radical (unpaired) electrons. The summed E-state index contributed by atoms with van der Waals surface area (Å²) in [4.78, 5) is 11.9. The molecule has 1 saturated carbocycles. The van der Waals surface area contributed by atoms with E-state index in [0.29, 0.717) is 23.6 Å². The number of hydrogen-bond acceptors (Lipinski definition) is 3. The van der Waals surface area contributed by atoms with Gasteiger partial charge in [0.15, 0.2) is 5.11 Å². The summed E-state index contributed by atoms with van der Waals surface area (Å²) in [6.45, 7) is 0. The van der Waals surface area contributed by atoms with Gasteiger partial charge in [-0.2, -0.15) is 5.26 Å². The zero-order valence-corrected chi connectivity index (χ0v) is 12.0. The van der Waals surface area contributed by atoms with Crippen LogP contribution in [0.4, 0.5) is 5.69 Å². The van der Waals surface area contributed by atoms with Gasteiger partial charge in [0.25, 0.3) is 0 Å². The van der Waals surface area contributed by atoms with Gasteiger partial charge >= 0.3 is 0 Å². The molecule has 0 unspecified atom stereocenters. The molecule has 0 bridgehead atoms. The Balaban J connectivity index is 1.85. The van der Waals surface area contributed by atoms with Crippen molar-refractivity contribution in [2.75, 3.05) is 5.32 Å². The monoisotopic (exact) mass is 287 g/mol. The minimum atomic E-state index is -0.0520. The van der Waals surface area contributed by atoms with Crippen molar-refractivity contribution in [2.45, 2.75) is 32.1 Å². The lowest BCUT2D eigenvalue weighted by Crippen LogP contribution is -2.35. The number of rotatable bonds is 3. The highest BCUT2D eigenvalue weighted by Gasteiger charge is 2.18. The van der Waals surface area contributed by atoms with Crippen molar-refractivity contribution in [3.05, 3.63) is 29.8 Å². The van der Waals surface area contributed by atoms with Crippen LogP contribution in [0.2, 0.25) is 0 Å². The average molecular weight is 287 g/mol. The fourth-order valence-electron chi connectivity index (χ4n) is 2.50. The fourth-order valence-corrected chi connectivity index (χ4v) is 2.72. The molecule has 0 saturated heterocycles. The van der Waals surface area contributed by atoms with Gasteiger partial charge in [-0.1, -0.05) is 25.0 Å². The number of nitrogens with one attached hydrogen (secondary N) is 2. The molecule has 4 nitrogen and oxygen atoms in total. The summed E-state index contributed by atoms with van der Waals surface area (Å²) < 4.78 is 0. The number of benzene rings is 1. The molecule has 1 aromatic rings. The minimum Gasteiger partial charge on any atom is -0.331 e. The number of para-hydroxylation sites is 1. The highest BCUT2D eigenvalue weighted by atomic mass is 32.1. The topological polar surface area (TPSA) is 64.9 Å². The van der Waals surface area contributed by atoms with Gasteiger partial charge in [0.1, 0.15) is 6.07 Å². The van der Waals surface area contributed by atoms with Crippen LogP contribution >= 0.6 is 12.2 Å². The van der Waals surface area contributed by atoms with Gasteiger partial charge in [0, 0.05) is 6.42 Å². The molecule has 2 N–H and O–H groups in total. The van der Waals surface area contributed by atoms with Crippen LogP contribution in [-0.2, 0) is 4.79 Å². The van der Waals surface area contributed by atoms with Crippen molar-refractivity contribution in [1.29, 1.82) is 5.26 Å². The third-order valence-electron chi connectivity index (χ3n) is 3.50. The van der Waals surface area contributed by atoms with E-state index in [4.69, 9.17) is 17.5 Å². The van der Waals surface area contributed by atoms with E-state index < -0.39 is 0 Å². The van der Waals surface area contributed by atoms with E-state index in [9.17, 15) is 4.79 Å². The standard InChI is InChI=1S/C15H17N3OS/c16-10-12-7-3-4-8-13(12)17-15(20)18-14(19)9-11-5-1-2-6-11/h3-4,7-8,11H,1-2,5-6,9H2,(H2,17,18,19,20). The third kappa shape index (κ3) is 4.04. The second kappa shape index (κ2) is 7.01. The first kappa shape index (κ1) is 14.5. The summed E-state index contributed by atoms with van der Waals surface area (Å²) in [5.74, 6) is 0.438. The maximum absolute atomic E-state index is 11.9. The number of carbonyl (C=O) groups excluding carboxylic acids is 1. The van der Waals surface area contributed by atoms with Crippen molar-refractivity contribution < 1.29 is 4.79 Å². The zero-order valence-electron chi connectivity index (χ0n) is 11.2. The Kier molecular flexibility index (Phi) is 5.08. The lowest BCUT2D eigenvalue weighted by Gasteiger charge is -2.12. The van der Waals surface area contributed by atoms with E-state index in [0.717, 1.165) is 12.8 Å². The number of amides is 1. The molecule has 1 aliphatic rings. The van der Waals surface area contributed by atoms with Crippen LogP contribution in [0.25, 0.3) is 0 Å². The first-order valence-corrected chi connectivity index (χ1v) is 7.20. The number of hydrogen-bond donors (Lipinski definition) is 2. The number of carbonyl (C=O) groups is 1. The molecule has 0 atom stereocenters. The molecule has 1 aromatic carbocycles. The van der Waals surface area contributed by atoms with Crippen LogP contribution in [0.3, 0.4) is 0 Å². The molecular formula is C15H17N3OS. The summed E-state index contributed by atoms with van der Waals surface area (Å²) in [7, 11) is 0. The minimum absolute atomic E-state index is 0.0520. The summed E-state index contributed by atoms with van der Waals surface area (Å²) in [6, 6.07) is 9.13. The van der Waals surface area contributed by atoms with Crippen molar-refractivity contribution in [1.82, 2.24) is 5.32 Å². The zero-order chi connectivity index (χ0) is 14.4. The SMILES string of the molecule is N#Cc1ccccc1NC(=S)NC(=O)CC1CCCC1. The van der Waals surface area contributed by atoms with E-state index in [2.05, 4.69) is 16.7 Å². The van der Waals surface area contributed by atoms with Crippen molar-refractivity contribution >= 4 is 28.9 Å². The molecule has 104 valence electrons. The average Bonchev–Trinajstić information content (AvgIpc) is 2.91. The van der Waals surface area contributed by atoms with Gasteiger partial charge in [-0.15, -0.1) is 0 Å². The number of nitriles is 1. The predicted molar refractivity (Wildman–Crippen MR) is 82.1 cm³/mol. The van der Waals surface area contributed by atoms with E-state index in [1.165, 1.54) is 12.8 Å². The normalized spacial score (nSPS) is 14.6. The molecule has 1 aliphatic carbocycles. The molecule has 5 heteroatoms. The second-order valence-electron chi connectivity index (χ2n) is 5.01. The predicted octanol–water partition coefficient (Wildman–Crippen LogP) is 2.95. The number of thiocarbonyl (C=S) groups is 1. The smallest absolute Gasteiger partial charge is 0.226 e. The first-order valence-electron chi connectivity index (χ1n) is 6.79. The lowest BCUT2D eigenvalue weighted by molar-refractivity contribution is -0.120. The quantitative estimate of drug-likeness (QED) is 0.839. The molecule has 1 amide bonds. The van der Waals surface area contributed by atoms with Crippen LogP contribution < -0.4 is 10.6 Å². The Morgan fingerprint density at radius 1 is 1.35 bits per heavy atom. The Labute approximate surface area is 124 Å². The van der Waals surface area contributed by atoms with Crippen LogP contribution in [-0.4, -0.2) is 11.0 Å². The van der Waals surface area contributed by atoms with Gasteiger partial charge in [0.05, 0.1) is 11.3 Å². The molecule has 0 heterocycles. The van der Waals surface area contributed by atoms with Crippen molar-refractivity contribution in [3.63, 3.8) is 0 Å². The largest absolute Gasteiger partial charge is 0.331 e. The van der Waals surface area contributed by atoms with Crippen LogP contribution in [0.1, 0.15) is 37.7 Å². The number of nitrogens with zero attached hydrogens (tertiary/aromatic N) is 1. The first-order chi connectivity index (χ1) is 9.69. The summed E-state index contributed by atoms with van der Waals surface area (Å²) in [5.41, 5.74) is 1.11. The van der Waals surface area contributed by atoms with Gasteiger partial charge in [0.2, 0.25) is 5.91 Å². The molecule has 0 spiro atoms. The van der Waals surface area contributed by atoms with Crippen LogP contribution in [0, 0.1) is 17.2 Å². The highest BCUT2D eigenvalue weighted by molar-refractivity contribution is 7.80. The van der Waals surface area contributed by atoms with E-state index in [1.807, 2.05) is 6.07 Å². The van der Waals surface area contributed by atoms with Gasteiger partial charge in [-0.25, -0.2) is 0 Å². The van der Waals surface area contributed by atoms with Crippen LogP contribution in [0.15, 0.2) is 24.3 Å². The molecule has 0 aromatic heterocycles. The Hall–Kier alpha value is -1.93. The molecular weight excluding hydrogens is 270 g/mol. The van der Waals surface area contributed by atoms with E-state index in [1.54, 1.807) is 18.2 Å². The third-order valence-corrected chi connectivity index (χ3v) is 3.70. The Morgan fingerprint density at radius 3 is 2.75 bits per heavy atom. The highest BCUT2D eigenvalue weighted by Crippen LogP contribution is 2.27. The number of anilines is 1. The summed E-state index contributed by atoms with van der Waals surface area (Å²) in [6.07, 6.45) is 5.23. The molecule has 2 rings (SSSR count). The van der Waals surface area contributed by atoms with Gasteiger partial charge < -0.3 is 10.6 Å². The second-order valence-corrected chi connectivity index (χ2v) is 5.42. The maximum Gasteiger partial charge on any atom is 0.226 e. The van der Waals surface area contributed by atoms with Gasteiger partial charge in [-0.05, 0) is 43.1 Å². The van der Waals surface area contributed by atoms with E-state index >= 15 is 0 Å². The van der Waals surface area contributed by atoms with Crippen LogP contribution in [0.5, 0.6) is 0 Å². The Morgan fingerprint density at radius 2 is 2.05 bits per heavy atom.